The standard InChI is InChI=1S/C33H37N3O2S/c1-23-4-5-25(18-32(39)27-9-6-24(7-10-27)22-36-14-12-35(2)13-15-36)16-28(23)11-8-26-17-29-19-30(33(37)38-3)20-31(29)34-21-26/h4-7,9-10,16-17,19,21H,8,11-15,18,20,22H2,1-3H3. The summed E-state index contributed by atoms with van der Waals surface area (Å²) in [6.45, 7) is 7.71. The highest BCUT2D eigenvalue weighted by molar-refractivity contribution is 7.80. The molecule has 0 N–H and O–H groups in total. The molecule has 2 aromatic carbocycles. The maximum atomic E-state index is 11.9. The van der Waals surface area contributed by atoms with E-state index in [1.54, 1.807) is 0 Å². The molecule has 0 radical (unpaired) electrons. The minimum Gasteiger partial charge on any atom is -0.466 e. The normalized spacial score (nSPS) is 15.6. The molecule has 6 heteroatoms. The van der Waals surface area contributed by atoms with Gasteiger partial charge in [-0.25, -0.2) is 4.79 Å². The third-order valence-corrected chi connectivity index (χ3v) is 8.31. The van der Waals surface area contributed by atoms with Crippen LogP contribution in [0.1, 0.15) is 44.6 Å². The number of carbonyl (C=O) groups excluding carboxylic acids is 1. The Balaban J connectivity index is 1.18. The van der Waals surface area contributed by atoms with E-state index in [0.29, 0.717) is 12.0 Å². The summed E-state index contributed by atoms with van der Waals surface area (Å²) in [7, 11) is 3.61. The number of aryl methyl sites for hydroxylation is 3. The van der Waals surface area contributed by atoms with Crippen LogP contribution in [0.3, 0.4) is 0 Å². The van der Waals surface area contributed by atoms with Gasteiger partial charge in [0.2, 0.25) is 0 Å². The molecule has 0 bridgehead atoms. The lowest BCUT2D eigenvalue weighted by molar-refractivity contribution is -0.136. The van der Waals surface area contributed by atoms with E-state index in [-0.39, 0.29) is 5.97 Å². The van der Waals surface area contributed by atoms with E-state index >= 15 is 0 Å². The van der Waals surface area contributed by atoms with Crippen molar-refractivity contribution < 1.29 is 9.53 Å². The first-order chi connectivity index (χ1) is 18.9. The van der Waals surface area contributed by atoms with E-state index in [2.05, 4.69) is 77.3 Å². The lowest BCUT2D eigenvalue weighted by atomic mass is 9.95. The Morgan fingerprint density at radius 2 is 1.72 bits per heavy atom. The van der Waals surface area contributed by atoms with Crippen LogP contribution in [0.4, 0.5) is 0 Å². The summed E-state index contributed by atoms with van der Waals surface area (Å²) in [5.41, 5.74) is 10.2. The first-order valence-electron chi connectivity index (χ1n) is 13.8. The SMILES string of the molecule is COC(=O)C1=Cc2cc(CCc3cc(CC(=S)c4ccc(CN5CCN(C)CC5)cc4)ccc3C)cnc2C1. The predicted molar refractivity (Wildman–Crippen MR) is 161 cm³/mol. The third kappa shape index (κ3) is 6.88. The molecule has 5 nitrogen and oxygen atoms in total. The number of likely N-dealkylation sites (N-methyl/N-ethyl adjacent to an activating group) is 1. The molecule has 3 aromatic rings. The molecule has 39 heavy (non-hydrogen) atoms. The molecule has 0 atom stereocenters. The lowest BCUT2D eigenvalue weighted by Gasteiger charge is -2.32. The Kier molecular flexibility index (Phi) is 8.66. The van der Waals surface area contributed by atoms with Crippen molar-refractivity contribution in [2.75, 3.05) is 40.3 Å². The summed E-state index contributed by atoms with van der Waals surface area (Å²) < 4.78 is 4.87. The fraction of sp³-hybridized carbons (Fsp3) is 0.364. The number of pyridine rings is 1. The quantitative estimate of drug-likeness (QED) is 0.217. The molecular weight excluding hydrogens is 502 g/mol. The number of ether oxygens (including phenoxy) is 1. The minimum atomic E-state index is -0.276. The lowest BCUT2D eigenvalue weighted by Crippen LogP contribution is -2.43. The number of aromatic nitrogens is 1. The van der Waals surface area contributed by atoms with Gasteiger partial charge in [-0.3, -0.25) is 9.88 Å². The second kappa shape index (κ2) is 12.3. The van der Waals surface area contributed by atoms with Crippen LogP contribution in [0.2, 0.25) is 0 Å². The monoisotopic (exact) mass is 539 g/mol. The molecule has 1 aromatic heterocycles. The van der Waals surface area contributed by atoms with Crippen molar-refractivity contribution in [1.82, 2.24) is 14.8 Å². The van der Waals surface area contributed by atoms with Crippen LogP contribution in [-0.4, -0.2) is 66.0 Å². The summed E-state index contributed by atoms with van der Waals surface area (Å²) in [4.78, 5) is 22.4. The summed E-state index contributed by atoms with van der Waals surface area (Å²) in [5.74, 6) is -0.276. The van der Waals surface area contributed by atoms with Gasteiger partial charge in [-0.1, -0.05) is 54.7 Å². The Bertz CT molecular complexity index is 1390. The zero-order chi connectivity index (χ0) is 27.4. The molecule has 2 aliphatic rings. The first kappa shape index (κ1) is 27.4. The third-order valence-electron chi connectivity index (χ3n) is 7.93. The fourth-order valence-corrected chi connectivity index (χ4v) is 5.68. The first-order valence-corrected chi connectivity index (χ1v) is 14.2. The number of esters is 1. The Labute approximate surface area is 237 Å². The predicted octanol–water partition coefficient (Wildman–Crippen LogP) is 5.00. The van der Waals surface area contributed by atoms with Gasteiger partial charge in [0.15, 0.2) is 0 Å². The van der Waals surface area contributed by atoms with Gasteiger partial charge >= 0.3 is 5.97 Å². The van der Waals surface area contributed by atoms with Crippen LogP contribution in [-0.2, 0) is 41.8 Å². The van der Waals surface area contributed by atoms with Crippen LogP contribution in [0.15, 0.2) is 60.3 Å². The maximum Gasteiger partial charge on any atom is 0.334 e. The number of fused-ring (bicyclic) bond motifs is 1. The molecular formula is C33H37N3O2S. The van der Waals surface area contributed by atoms with Crippen LogP contribution in [0.25, 0.3) is 6.08 Å². The highest BCUT2D eigenvalue weighted by atomic mass is 32.1. The van der Waals surface area contributed by atoms with Gasteiger partial charge in [0.05, 0.1) is 12.8 Å². The van der Waals surface area contributed by atoms with Gasteiger partial charge in [-0.2, -0.15) is 0 Å². The number of thiocarbonyl (C=S) groups is 1. The molecule has 1 fully saturated rings. The van der Waals surface area contributed by atoms with Crippen molar-refractivity contribution in [2.45, 2.75) is 39.2 Å². The highest BCUT2D eigenvalue weighted by Gasteiger charge is 2.20. The molecule has 0 saturated carbocycles. The Morgan fingerprint density at radius 1 is 0.974 bits per heavy atom. The molecule has 202 valence electrons. The van der Waals surface area contributed by atoms with Gasteiger partial charge in [0, 0.05) is 62.2 Å². The van der Waals surface area contributed by atoms with Gasteiger partial charge < -0.3 is 9.64 Å². The van der Waals surface area contributed by atoms with E-state index in [0.717, 1.165) is 73.7 Å². The number of hydrogen-bond donors (Lipinski definition) is 0. The van der Waals surface area contributed by atoms with Crippen molar-refractivity contribution in [1.29, 1.82) is 0 Å². The minimum absolute atomic E-state index is 0.276. The van der Waals surface area contributed by atoms with Crippen LogP contribution in [0.5, 0.6) is 0 Å². The van der Waals surface area contributed by atoms with Gasteiger partial charge in [-0.05, 0) is 77.9 Å². The molecule has 1 aliphatic carbocycles. The molecule has 2 heterocycles. The topological polar surface area (TPSA) is 45.7 Å². The second-order valence-electron chi connectivity index (χ2n) is 10.9. The number of hydrogen-bond acceptors (Lipinski definition) is 6. The summed E-state index contributed by atoms with van der Waals surface area (Å²) >= 11 is 5.86. The number of methoxy groups -OCH3 is 1. The van der Waals surface area contributed by atoms with E-state index in [4.69, 9.17) is 17.0 Å². The number of piperazine rings is 1. The van der Waals surface area contributed by atoms with Gasteiger partial charge in [0.25, 0.3) is 0 Å². The largest absolute Gasteiger partial charge is 0.466 e. The smallest absolute Gasteiger partial charge is 0.334 e. The van der Waals surface area contributed by atoms with Crippen molar-refractivity contribution in [3.63, 3.8) is 0 Å². The van der Waals surface area contributed by atoms with Gasteiger partial charge in [0.1, 0.15) is 0 Å². The van der Waals surface area contributed by atoms with E-state index < -0.39 is 0 Å². The van der Waals surface area contributed by atoms with Crippen molar-refractivity contribution in [3.8, 4) is 0 Å². The van der Waals surface area contributed by atoms with E-state index in [9.17, 15) is 4.79 Å². The highest BCUT2D eigenvalue weighted by Crippen LogP contribution is 2.25. The fourth-order valence-electron chi connectivity index (χ4n) is 5.38. The molecule has 0 spiro atoms. The second-order valence-corrected chi connectivity index (χ2v) is 11.3. The average molecular weight is 540 g/mol. The Hall–Kier alpha value is -3.19. The van der Waals surface area contributed by atoms with Crippen LogP contribution < -0.4 is 0 Å². The average Bonchev–Trinajstić information content (AvgIpc) is 3.38. The maximum absolute atomic E-state index is 11.9. The van der Waals surface area contributed by atoms with Gasteiger partial charge in [-0.15, -0.1) is 0 Å². The molecule has 1 aliphatic heterocycles. The van der Waals surface area contributed by atoms with Crippen molar-refractivity contribution >= 4 is 29.1 Å². The van der Waals surface area contributed by atoms with Crippen molar-refractivity contribution in [2.24, 2.45) is 0 Å². The molecule has 0 amide bonds. The van der Waals surface area contributed by atoms with E-state index in [1.807, 2.05) is 12.3 Å². The Morgan fingerprint density at radius 3 is 2.46 bits per heavy atom. The number of benzene rings is 2. The zero-order valence-corrected chi connectivity index (χ0v) is 24.0. The number of carbonyl (C=O) groups is 1. The zero-order valence-electron chi connectivity index (χ0n) is 23.2. The van der Waals surface area contributed by atoms with Crippen molar-refractivity contribution in [3.05, 3.63) is 105 Å². The molecule has 0 unspecified atom stereocenters. The number of nitrogens with zero attached hydrogens (tertiary/aromatic N) is 3. The van der Waals surface area contributed by atoms with Crippen LogP contribution >= 0.6 is 12.2 Å². The van der Waals surface area contributed by atoms with E-state index in [1.165, 1.54) is 34.9 Å². The summed E-state index contributed by atoms with van der Waals surface area (Å²) in [5, 5.41) is 0. The summed E-state index contributed by atoms with van der Waals surface area (Å²) in [6.07, 6.45) is 6.98. The summed E-state index contributed by atoms with van der Waals surface area (Å²) in [6, 6.07) is 17.7. The number of rotatable bonds is 9. The molecule has 5 rings (SSSR count). The molecule has 1 saturated heterocycles. The van der Waals surface area contributed by atoms with Crippen LogP contribution in [0, 0.1) is 6.92 Å².